The molecule has 5 heteroatoms. The lowest BCUT2D eigenvalue weighted by atomic mass is 10.0. The SMILES string of the molecule is Cc1ccccc1CNC[C@@H](O)[C@H](Cc1ccccc1)NC(=O)O. The predicted octanol–water partition coefficient (Wildman–Crippen LogP) is 2.32. The van der Waals surface area contributed by atoms with E-state index < -0.39 is 18.2 Å². The monoisotopic (exact) mass is 328 g/mol. The zero-order chi connectivity index (χ0) is 17.4. The molecule has 0 aliphatic carbocycles. The Labute approximate surface area is 142 Å². The highest BCUT2D eigenvalue weighted by Crippen LogP contribution is 2.08. The molecule has 4 N–H and O–H groups in total. The Hall–Kier alpha value is -2.37. The van der Waals surface area contributed by atoms with E-state index in [1.807, 2.05) is 61.5 Å². The van der Waals surface area contributed by atoms with Gasteiger partial charge in [0.05, 0.1) is 12.1 Å². The second-order valence-corrected chi connectivity index (χ2v) is 5.87. The summed E-state index contributed by atoms with van der Waals surface area (Å²) in [5, 5.41) is 25.0. The summed E-state index contributed by atoms with van der Waals surface area (Å²) in [6, 6.07) is 17.0. The Morgan fingerprint density at radius 1 is 1.08 bits per heavy atom. The first-order valence-electron chi connectivity index (χ1n) is 8.03. The molecule has 0 heterocycles. The van der Waals surface area contributed by atoms with E-state index in [2.05, 4.69) is 10.6 Å². The van der Waals surface area contributed by atoms with Crippen LogP contribution in [-0.4, -0.2) is 35.0 Å². The summed E-state index contributed by atoms with van der Waals surface area (Å²) in [5.74, 6) is 0. The molecule has 128 valence electrons. The second kappa shape index (κ2) is 9.05. The summed E-state index contributed by atoms with van der Waals surface area (Å²) in [5.41, 5.74) is 3.33. The van der Waals surface area contributed by atoms with Gasteiger partial charge in [-0.05, 0) is 30.0 Å². The zero-order valence-electron chi connectivity index (χ0n) is 13.8. The molecule has 0 spiro atoms. The lowest BCUT2D eigenvalue weighted by molar-refractivity contribution is 0.117. The Bertz CT molecular complexity index is 646. The molecule has 0 aliphatic heterocycles. The molecule has 0 bridgehead atoms. The largest absolute Gasteiger partial charge is 0.465 e. The van der Waals surface area contributed by atoms with Gasteiger partial charge < -0.3 is 20.8 Å². The van der Waals surface area contributed by atoms with Crippen molar-refractivity contribution in [3.05, 3.63) is 71.3 Å². The maximum atomic E-state index is 11.0. The number of hydrogen-bond donors (Lipinski definition) is 4. The molecule has 0 saturated carbocycles. The number of aliphatic hydroxyl groups is 1. The Kier molecular flexibility index (Phi) is 6.78. The van der Waals surface area contributed by atoms with Crippen molar-refractivity contribution < 1.29 is 15.0 Å². The van der Waals surface area contributed by atoms with Crippen molar-refractivity contribution in [1.29, 1.82) is 0 Å². The van der Waals surface area contributed by atoms with Crippen LogP contribution in [0.2, 0.25) is 0 Å². The van der Waals surface area contributed by atoms with Crippen LogP contribution in [0.15, 0.2) is 54.6 Å². The van der Waals surface area contributed by atoms with E-state index in [0.717, 1.165) is 11.1 Å². The van der Waals surface area contributed by atoms with Crippen LogP contribution in [-0.2, 0) is 13.0 Å². The fraction of sp³-hybridized carbons (Fsp3) is 0.316. The van der Waals surface area contributed by atoms with Crippen molar-refractivity contribution >= 4 is 6.09 Å². The predicted molar refractivity (Wildman–Crippen MR) is 94.0 cm³/mol. The summed E-state index contributed by atoms with van der Waals surface area (Å²) < 4.78 is 0. The molecular formula is C19H24N2O3. The van der Waals surface area contributed by atoms with E-state index >= 15 is 0 Å². The van der Waals surface area contributed by atoms with Gasteiger partial charge in [-0.25, -0.2) is 4.79 Å². The van der Waals surface area contributed by atoms with Gasteiger partial charge in [0.2, 0.25) is 0 Å². The summed E-state index contributed by atoms with van der Waals surface area (Å²) in [6.45, 7) is 2.98. The topological polar surface area (TPSA) is 81.6 Å². The minimum absolute atomic E-state index is 0.312. The van der Waals surface area contributed by atoms with Gasteiger partial charge in [-0.2, -0.15) is 0 Å². The average Bonchev–Trinajstić information content (AvgIpc) is 2.56. The number of amides is 1. The van der Waals surface area contributed by atoms with Gasteiger partial charge >= 0.3 is 6.09 Å². The Morgan fingerprint density at radius 3 is 2.42 bits per heavy atom. The lowest BCUT2D eigenvalue weighted by Crippen LogP contribution is -2.48. The van der Waals surface area contributed by atoms with E-state index in [4.69, 9.17) is 5.11 Å². The molecule has 0 radical (unpaired) electrons. The van der Waals surface area contributed by atoms with Gasteiger partial charge in [0.25, 0.3) is 0 Å². The van der Waals surface area contributed by atoms with Gasteiger partial charge in [-0.15, -0.1) is 0 Å². The number of hydrogen-bond acceptors (Lipinski definition) is 3. The molecule has 2 aromatic carbocycles. The third-order valence-corrected chi connectivity index (χ3v) is 4.00. The molecular weight excluding hydrogens is 304 g/mol. The number of benzene rings is 2. The van der Waals surface area contributed by atoms with Crippen molar-refractivity contribution in [2.75, 3.05) is 6.54 Å². The third-order valence-electron chi connectivity index (χ3n) is 4.00. The molecule has 0 aliphatic rings. The number of carboxylic acid groups (broad SMARTS) is 1. The van der Waals surface area contributed by atoms with E-state index in [-0.39, 0.29) is 0 Å². The van der Waals surface area contributed by atoms with Crippen LogP contribution >= 0.6 is 0 Å². The third kappa shape index (κ3) is 5.68. The van der Waals surface area contributed by atoms with Crippen LogP contribution in [0.5, 0.6) is 0 Å². The quantitative estimate of drug-likeness (QED) is 0.599. The fourth-order valence-electron chi connectivity index (χ4n) is 2.62. The van der Waals surface area contributed by atoms with E-state index in [1.54, 1.807) is 0 Å². The molecule has 1 amide bonds. The molecule has 2 atom stereocenters. The first-order valence-corrected chi connectivity index (χ1v) is 8.03. The van der Waals surface area contributed by atoms with Crippen LogP contribution in [0.25, 0.3) is 0 Å². The first-order chi connectivity index (χ1) is 11.6. The highest BCUT2D eigenvalue weighted by Gasteiger charge is 2.21. The van der Waals surface area contributed by atoms with Gasteiger partial charge in [0.15, 0.2) is 0 Å². The summed E-state index contributed by atoms with van der Waals surface area (Å²) in [4.78, 5) is 11.0. The molecule has 2 rings (SSSR count). The zero-order valence-corrected chi connectivity index (χ0v) is 13.8. The molecule has 0 aromatic heterocycles. The molecule has 0 saturated heterocycles. The van der Waals surface area contributed by atoms with Crippen LogP contribution in [0.4, 0.5) is 4.79 Å². The van der Waals surface area contributed by atoms with Crippen molar-refractivity contribution in [1.82, 2.24) is 10.6 Å². The van der Waals surface area contributed by atoms with Crippen LogP contribution in [0.3, 0.4) is 0 Å². The molecule has 5 nitrogen and oxygen atoms in total. The summed E-state index contributed by atoms with van der Waals surface area (Å²) >= 11 is 0. The highest BCUT2D eigenvalue weighted by molar-refractivity contribution is 5.65. The van der Waals surface area contributed by atoms with E-state index in [9.17, 15) is 9.90 Å². The minimum atomic E-state index is -1.13. The average molecular weight is 328 g/mol. The van der Waals surface area contributed by atoms with E-state index in [0.29, 0.717) is 19.5 Å². The number of carbonyl (C=O) groups is 1. The van der Waals surface area contributed by atoms with Crippen molar-refractivity contribution in [3.63, 3.8) is 0 Å². The van der Waals surface area contributed by atoms with Gasteiger partial charge in [0.1, 0.15) is 0 Å². The Balaban J connectivity index is 1.91. The minimum Gasteiger partial charge on any atom is -0.465 e. The highest BCUT2D eigenvalue weighted by atomic mass is 16.4. The molecule has 0 fully saturated rings. The maximum absolute atomic E-state index is 11.0. The molecule has 2 aromatic rings. The smallest absolute Gasteiger partial charge is 0.404 e. The molecule has 24 heavy (non-hydrogen) atoms. The van der Waals surface area contributed by atoms with Gasteiger partial charge in [-0.3, -0.25) is 0 Å². The number of aliphatic hydroxyl groups excluding tert-OH is 1. The Morgan fingerprint density at radius 2 is 1.75 bits per heavy atom. The van der Waals surface area contributed by atoms with Crippen LogP contribution in [0.1, 0.15) is 16.7 Å². The van der Waals surface area contributed by atoms with Crippen molar-refractivity contribution in [2.45, 2.75) is 32.0 Å². The summed E-state index contributed by atoms with van der Waals surface area (Å²) in [7, 11) is 0. The van der Waals surface area contributed by atoms with Gasteiger partial charge in [0, 0.05) is 13.1 Å². The van der Waals surface area contributed by atoms with Crippen molar-refractivity contribution in [3.8, 4) is 0 Å². The maximum Gasteiger partial charge on any atom is 0.404 e. The van der Waals surface area contributed by atoms with Crippen LogP contribution in [0, 0.1) is 6.92 Å². The van der Waals surface area contributed by atoms with Crippen molar-refractivity contribution in [2.24, 2.45) is 0 Å². The van der Waals surface area contributed by atoms with E-state index in [1.165, 1.54) is 5.56 Å². The number of aryl methyl sites for hydroxylation is 1. The first kappa shape index (κ1) is 18.0. The number of nitrogens with one attached hydrogen (secondary N) is 2. The summed E-state index contributed by atoms with van der Waals surface area (Å²) in [6.07, 6.45) is -1.50. The van der Waals surface area contributed by atoms with Crippen LogP contribution < -0.4 is 10.6 Å². The fourth-order valence-corrected chi connectivity index (χ4v) is 2.62. The standard InChI is InChI=1S/C19H24N2O3/c1-14-7-5-6-10-16(14)12-20-13-18(22)17(21-19(23)24)11-15-8-3-2-4-9-15/h2-10,17-18,20-22H,11-13H2,1H3,(H,23,24)/t17-,18+/m0/s1. The number of rotatable bonds is 8. The molecule has 0 unspecified atom stereocenters. The lowest BCUT2D eigenvalue weighted by Gasteiger charge is -2.23. The second-order valence-electron chi connectivity index (χ2n) is 5.87. The normalized spacial score (nSPS) is 13.2. The van der Waals surface area contributed by atoms with Gasteiger partial charge in [-0.1, -0.05) is 54.6 Å².